The molecular formula is BrNaO4SZn. The maximum absolute atomic E-state index is 8.52. The summed E-state index contributed by atoms with van der Waals surface area (Å²) in [5, 5.41) is 0. The van der Waals surface area contributed by atoms with Gasteiger partial charge < -0.3 is 26.1 Å². The first-order chi connectivity index (χ1) is 2.00. The van der Waals surface area contributed by atoms with Crippen LogP contribution in [-0.2, 0) is 29.9 Å². The molecule has 0 aromatic heterocycles. The van der Waals surface area contributed by atoms with Crippen LogP contribution < -0.4 is 46.5 Å². The van der Waals surface area contributed by atoms with Crippen LogP contribution in [0.5, 0.6) is 0 Å². The summed E-state index contributed by atoms with van der Waals surface area (Å²) in [4.78, 5) is 0. The molecule has 8 heteroatoms. The molecule has 4 nitrogen and oxygen atoms in total. The molecule has 0 N–H and O–H groups in total. The molecule has 0 saturated heterocycles. The third kappa shape index (κ3) is 99.6. The Morgan fingerprint density at radius 3 is 1.12 bits per heavy atom. The minimum absolute atomic E-state index is 0. The monoisotopic (exact) mass is 262 g/mol. The fraction of sp³-hybridized carbons (Fsp3) is 0. The van der Waals surface area contributed by atoms with Crippen molar-refractivity contribution >= 4 is 10.4 Å². The normalized spacial score (nSPS) is 7.25. The second-order valence-electron chi connectivity index (χ2n) is 0.408. The van der Waals surface area contributed by atoms with Gasteiger partial charge in [-0.3, -0.25) is 8.42 Å². The minimum Gasteiger partial charge on any atom is -1.00 e. The van der Waals surface area contributed by atoms with E-state index in [1.165, 1.54) is 0 Å². The molecule has 0 bridgehead atoms. The quantitative estimate of drug-likeness (QED) is 0.247. The van der Waals surface area contributed by atoms with Crippen molar-refractivity contribution in [2.75, 3.05) is 0 Å². The zero-order chi connectivity index (χ0) is 4.50. The van der Waals surface area contributed by atoms with Crippen LogP contribution in [0, 0.1) is 0 Å². The summed E-state index contributed by atoms with van der Waals surface area (Å²) < 4.78 is 34.1. The van der Waals surface area contributed by atoms with Gasteiger partial charge in [0.2, 0.25) is 0 Å². The summed E-state index contributed by atoms with van der Waals surface area (Å²) in [6, 6.07) is 0. The first kappa shape index (κ1) is 22.5. The third-order valence-electron chi connectivity index (χ3n) is 0. The summed E-state index contributed by atoms with van der Waals surface area (Å²) in [5.41, 5.74) is 0. The van der Waals surface area contributed by atoms with Gasteiger partial charge >= 0.3 is 49.0 Å². The van der Waals surface area contributed by atoms with E-state index in [4.69, 9.17) is 17.5 Å². The van der Waals surface area contributed by atoms with Gasteiger partial charge in [-0.2, -0.15) is 0 Å². The van der Waals surface area contributed by atoms with E-state index in [9.17, 15) is 0 Å². The Morgan fingerprint density at radius 2 is 1.12 bits per heavy atom. The Labute approximate surface area is 92.8 Å². The molecular weight excluding hydrogens is 264 g/mol. The maximum Gasteiger partial charge on any atom is 2.00 e. The van der Waals surface area contributed by atoms with Crippen LogP contribution in [0.2, 0.25) is 0 Å². The van der Waals surface area contributed by atoms with Gasteiger partial charge in [0.25, 0.3) is 0 Å². The molecule has 0 aliphatic heterocycles. The molecule has 8 heavy (non-hydrogen) atoms. The van der Waals surface area contributed by atoms with Crippen molar-refractivity contribution in [3.05, 3.63) is 0 Å². The second kappa shape index (κ2) is 8.97. The predicted octanol–water partition coefficient (Wildman–Crippen LogP) is -7.33. The molecule has 0 unspecified atom stereocenters. The smallest absolute Gasteiger partial charge is 1.00 e. The van der Waals surface area contributed by atoms with Crippen molar-refractivity contribution in [3.8, 4) is 0 Å². The van der Waals surface area contributed by atoms with Crippen molar-refractivity contribution in [3.63, 3.8) is 0 Å². The van der Waals surface area contributed by atoms with Crippen LogP contribution in [0.25, 0.3) is 0 Å². The van der Waals surface area contributed by atoms with E-state index in [1.807, 2.05) is 0 Å². The molecule has 0 fully saturated rings. The summed E-state index contributed by atoms with van der Waals surface area (Å²) in [6.07, 6.45) is 0. The van der Waals surface area contributed by atoms with E-state index in [0.717, 1.165) is 0 Å². The average Bonchev–Trinajstić information content (AvgIpc) is 0.722. The molecule has 0 aliphatic carbocycles. The molecule has 0 radical (unpaired) electrons. The van der Waals surface area contributed by atoms with Crippen LogP contribution in [0.4, 0.5) is 0 Å². The Hall–Kier alpha value is 1.97. The topological polar surface area (TPSA) is 80.3 Å². The number of hydrogen-bond donors (Lipinski definition) is 0. The molecule has 0 saturated carbocycles. The average molecular weight is 264 g/mol. The summed E-state index contributed by atoms with van der Waals surface area (Å²) >= 11 is 0. The van der Waals surface area contributed by atoms with Gasteiger partial charge in [-0.25, -0.2) is 0 Å². The minimum atomic E-state index is -5.17. The molecule has 40 valence electrons. The first-order valence-electron chi connectivity index (χ1n) is 0.667. The van der Waals surface area contributed by atoms with Gasteiger partial charge in [-0.1, -0.05) is 0 Å². The molecule has 0 atom stereocenters. The first-order valence-corrected chi connectivity index (χ1v) is 2.00. The van der Waals surface area contributed by atoms with E-state index in [-0.39, 0.29) is 66.0 Å². The van der Waals surface area contributed by atoms with Crippen LogP contribution >= 0.6 is 0 Å². The summed E-state index contributed by atoms with van der Waals surface area (Å²) in [6.45, 7) is 0. The van der Waals surface area contributed by atoms with Crippen molar-refractivity contribution < 1.29 is 83.5 Å². The zero-order valence-corrected chi connectivity index (χ0v) is 11.5. The SMILES string of the molecule is O=S(=O)([O-])[O-].[Br-].[Na+].[Zn+2]. The number of hydrogen-bond acceptors (Lipinski definition) is 4. The van der Waals surface area contributed by atoms with E-state index in [1.54, 1.807) is 0 Å². The molecule has 0 spiro atoms. The van der Waals surface area contributed by atoms with E-state index >= 15 is 0 Å². The van der Waals surface area contributed by atoms with Crippen molar-refractivity contribution in [1.82, 2.24) is 0 Å². The zero-order valence-electron chi connectivity index (χ0n) is 4.13. The van der Waals surface area contributed by atoms with Gasteiger partial charge in [-0.15, -0.1) is 0 Å². The molecule has 0 heterocycles. The Kier molecular flexibility index (Phi) is 25.2. The van der Waals surface area contributed by atoms with E-state index in [2.05, 4.69) is 0 Å². The standard InChI is InChI=1S/BrH.Na.H2O4S.Zn/c;;1-5(2,3)4;/h1H;;(H2,1,2,3,4);/q;+1;;+2/p-3. The molecule has 0 aromatic rings. The molecule has 0 amide bonds. The second-order valence-corrected chi connectivity index (χ2v) is 1.22. The predicted molar refractivity (Wildman–Crippen MR) is 10.5 cm³/mol. The Morgan fingerprint density at radius 1 is 1.12 bits per heavy atom. The number of halogens is 1. The van der Waals surface area contributed by atoms with Crippen LogP contribution in [0.1, 0.15) is 0 Å². The van der Waals surface area contributed by atoms with Crippen LogP contribution in [-0.4, -0.2) is 17.5 Å². The molecule has 0 rings (SSSR count). The molecule has 0 aliphatic rings. The van der Waals surface area contributed by atoms with Crippen molar-refractivity contribution in [2.45, 2.75) is 0 Å². The van der Waals surface area contributed by atoms with Crippen LogP contribution in [0.15, 0.2) is 0 Å². The summed E-state index contributed by atoms with van der Waals surface area (Å²) in [5.74, 6) is 0. The largest absolute Gasteiger partial charge is 2.00 e. The van der Waals surface area contributed by atoms with E-state index in [0.29, 0.717) is 0 Å². The van der Waals surface area contributed by atoms with Crippen molar-refractivity contribution in [1.29, 1.82) is 0 Å². The fourth-order valence-corrected chi connectivity index (χ4v) is 0. The number of rotatable bonds is 0. The van der Waals surface area contributed by atoms with Gasteiger partial charge in [0, 0.05) is 10.4 Å². The van der Waals surface area contributed by atoms with Crippen LogP contribution in [0.3, 0.4) is 0 Å². The van der Waals surface area contributed by atoms with E-state index < -0.39 is 10.4 Å². The Bertz CT molecular complexity index is 99.2. The van der Waals surface area contributed by atoms with Gasteiger partial charge in [0.15, 0.2) is 0 Å². The van der Waals surface area contributed by atoms with Gasteiger partial charge in [0.1, 0.15) is 0 Å². The maximum atomic E-state index is 8.52. The van der Waals surface area contributed by atoms with Gasteiger partial charge in [-0.05, 0) is 0 Å². The molecule has 0 aromatic carbocycles. The summed E-state index contributed by atoms with van der Waals surface area (Å²) in [7, 11) is -5.17. The third-order valence-corrected chi connectivity index (χ3v) is 0. The van der Waals surface area contributed by atoms with Crippen molar-refractivity contribution in [2.24, 2.45) is 0 Å². The fourth-order valence-electron chi connectivity index (χ4n) is 0. The Balaban J connectivity index is -0.0000000267. The van der Waals surface area contributed by atoms with Gasteiger partial charge in [0.05, 0.1) is 0 Å².